The van der Waals surface area contributed by atoms with Gasteiger partial charge in [0.15, 0.2) is 11.6 Å². The van der Waals surface area contributed by atoms with E-state index in [0.29, 0.717) is 40.2 Å². The Morgan fingerprint density at radius 2 is 1.89 bits per heavy atom. The van der Waals surface area contributed by atoms with Gasteiger partial charge in [-0.15, -0.1) is 0 Å². The molecule has 0 radical (unpaired) electrons. The zero-order valence-corrected chi connectivity index (χ0v) is 20.5. The van der Waals surface area contributed by atoms with Crippen LogP contribution in [0.4, 0.5) is 14.5 Å². The van der Waals surface area contributed by atoms with Crippen molar-refractivity contribution in [3.8, 4) is 11.3 Å². The Balaban J connectivity index is 1.19. The maximum absolute atomic E-state index is 14.7. The number of ether oxygens (including phenoxy) is 1. The second-order valence-corrected chi connectivity index (χ2v) is 10.5. The topological polar surface area (TPSA) is 75.8 Å². The summed E-state index contributed by atoms with van der Waals surface area (Å²) in [6.45, 7) is 0.789. The highest BCUT2D eigenvalue weighted by Crippen LogP contribution is 2.47. The first-order chi connectivity index (χ1) is 17.3. The molecule has 2 aliphatic carbocycles. The first kappa shape index (κ1) is 23.7. The predicted molar refractivity (Wildman–Crippen MR) is 130 cm³/mol. The number of hydrogen-bond acceptors (Lipinski definition) is 5. The number of carboxylic acid groups (broad SMARTS) is 1. The lowest BCUT2D eigenvalue weighted by Crippen LogP contribution is -2.39. The highest BCUT2D eigenvalue weighted by Gasteiger charge is 2.46. The van der Waals surface area contributed by atoms with Crippen molar-refractivity contribution in [2.24, 2.45) is 5.92 Å². The van der Waals surface area contributed by atoms with Crippen molar-refractivity contribution in [1.29, 1.82) is 0 Å². The maximum atomic E-state index is 14.7. The Labute approximate surface area is 215 Å². The summed E-state index contributed by atoms with van der Waals surface area (Å²) in [4.78, 5) is 12.9. The third-order valence-corrected chi connectivity index (χ3v) is 8.12. The van der Waals surface area contributed by atoms with Gasteiger partial charge in [0.1, 0.15) is 11.5 Å². The van der Waals surface area contributed by atoms with E-state index in [2.05, 4.69) is 5.16 Å². The zero-order valence-electron chi connectivity index (χ0n) is 19.0. The second-order valence-electron chi connectivity index (χ2n) is 9.70. The van der Waals surface area contributed by atoms with Crippen LogP contribution in [-0.4, -0.2) is 34.9 Å². The summed E-state index contributed by atoms with van der Waals surface area (Å²) in [6.07, 6.45) is 3.44. The molecule has 1 saturated heterocycles. The van der Waals surface area contributed by atoms with E-state index in [1.54, 1.807) is 18.2 Å². The standard InChI is InChI=1S/C26H22Cl2F2N2O4/c27-17-2-1-3-18(28)21(17)24-16(25(36-31-24)12-4-5-12)11-35-20-9-14-8-13(20)10-32(14)19-7-6-15(26(33)34)22(29)23(19)30/h1-3,6-7,12-14,20H,4-5,8-11H2,(H,33,34)/t13-,14-,20+/m0/s1. The predicted octanol–water partition coefficient (Wildman–Crippen LogP) is 6.69. The summed E-state index contributed by atoms with van der Waals surface area (Å²) >= 11 is 12.9. The van der Waals surface area contributed by atoms with Gasteiger partial charge < -0.3 is 19.3 Å². The van der Waals surface area contributed by atoms with Gasteiger partial charge >= 0.3 is 5.97 Å². The van der Waals surface area contributed by atoms with Crippen molar-refractivity contribution in [1.82, 2.24) is 5.16 Å². The van der Waals surface area contributed by atoms with Gasteiger partial charge in [-0.25, -0.2) is 13.6 Å². The lowest BCUT2D eigenvalue weighted by molar-refractivity contribution is 0.0122. The minimum absolute atomic E-state index is 0.0209. The molecule has 0 amide bonds. The SMILES string of the molecule is O=C(O)c1ccc(N2C[C@@H]3C[C@H]2C[C@H]3OCc2c(-c3c(Cl)cccc3Cl)noc2C2CC2)c(F)c1F. The number of fused-ring (bicyclic) bond motifs is 2. The van der Waals surface area contributed by atoms with Crippen LogP contribution in [0.2, 0.25) is 10.0 Å². The third kappa shape index (κ3) is 3.96. The van der Waals surface area contributed by atoms with Gasteiger partial charge in [0.05, 0.1) is 34.0 Å². The molecule has 36 heavy (non-hydrogen) atoms. The monoisotopic (exact) mass is 534 g/mol. The average molecular weight is 535 g/mol. The highest BCUT2D eigenvalue weighted by molar-refractivity contribution is 6.39. The third-order valence-electron chi connectivity index (χ3n) is 7.49. The number of carbonyl (C=O) groups is 1. The van der Waals surface area contributed by atoms with Crippen LogP contribution < -0.4 is 4.90 Å². The second kappa shape index (κ2) is 9.01. The Hall–Kier alpha value is -2.68. The smallest absolute Gasteiger partial charge is 0.338 e. The summed E-state index contributed by atoms with van der Waals surface area (Å²) in [5, 5.41) is 14.3. The summed E-state index contributed by atoms with van der Waals surface area (Å²) in [5.74, 6) is -2.70. The van der Waals surface area contributed by atoms with Crippen molar-refractivity contribution >= 4 is 34.9 Å². The molecule has 3 aromatic rings. The molecule has 0 spiro atoms. The van der Waals surface area contributed by atoms with E-state index in [1.807, 2.05) is 4.90 Å². The molecule has 0 unspecified atom stereocenters. The van der Waals surface area contributed by atoms with Crippen molar-refractivity contribution in [3.05, 3.63) is 68.9 Å². The van der Waals surface area contributed by atoms with Crippen LogP contribution in [0.25, 0.3) is 11.3 Å². The van der Waals surface area contributed by atoms with Crippen LogP contribution in [0.5, 0.6) is 0 Å². The number of halogens is 4. The molecule has 2 heterocycles. The van der Waals surface area contributed by atoms with Gasteiger partial charge in [-0.05, 0) is 49.9 Å². The molecule has 188 valence electrons. The summed E-state index contributed by atoms with van der Waals surface area (Å²) in [5.41, 5.74) is 1.49. The number of benzene rings is 2. The molecule has 1 N–H and O–H groups in total. The molecule has 2 aromatic carbocycles. The molecule has 2 saturated carbocycles. The van der Waals surface area contributed by atoms with E-state index >= 15 is 0 Å². The van der Waals surface area contributed by atoms with Gasteiger partial charge in [0, 0.05) is 35.5 Å². The van der Waals surface area contributed by atoms with Crippen LogP contribution in [0.1, 0.15) is 53.3 Å². The van der Waals surface area contributed by atoms with E-state index in [-0.39, 0.29) is 30.4 Å². The lowest BCUT2D eigenvalue weighted by Gasteiger charge is -2.33. The van der Waals surface area contributed by atoms with Crippen molar-refractivity contribution in [2.75, 3.05) is 11.4 Å². The van der Waals surface area contributed by atoms with Crippen LogP contribution in [0, 0.1) is 17.6 Å². The van der Waals surface area contributed by atoms with Gasteiger partial charge in [0.25, 0.3) is 0 Å². The van der Waals surface area contributed by atoms with E-state index in [0.717, 1.165) is 36.7 Å². The summed E-state index contributed by atoms with van der Waals surface area (Å²) in [7, 11) is 0. The number of piperidine rings is 1. The van der Waals surface area contributed by atoms with Crippen LogP contribution in [-0.2, 0) is 11.3 Å². The first-order valence-electron chi connectivity index (χ1n) is 11.9. The first-order valence-corrected chi connectivity index (χ1v) is 12.6. The van der Waals surface area contributed by atoms with E-state index in [1.165, 1.54) is 6.07 Å². The molecule has 10 heteroatoms. The minimum Gasteiger partial charge on any atom is -0.478 e. The average Bonchev–Trinajstić information content (AvgIpc) is 3.30. The number of aromatic nitrogens is 1. The fraction of sp³-hybridized carbons (Fsp3) is 0.385. The molecule has 3 fully saturated rings. The number of anilines is 1. The maximum Gasteiger partial charge on any atom is 0.338 e. The Kier molecular flexibility index (Phi) is 5.93. The quantitative estimate of drug-likeness (QED) is 0.364. The lowest BCUT2D eigenvalue weighted by atomic mass is 10.0. The summed E-state index contributed by atoms with van der Waals surface area (Å²) in [6, 6.07) is 7.73. The Morgan fingerprint density at radius 1 is 1.14 bits per heavy atom. The Bertz CT molecular complexity index is 1340. The number of nitrogens with zero attached hydrogens (tertiary/aromatic N) is 2. The Morgan fingerprint density at radius 3 is 2.53 bits per heavy atom. The number of rotatable bonds is 7. The normalized spacial score (nSPS) is 23.0. The zero-order chi connectivity index (χ0) is 25.1. The van der Waals surface area contributed by atoms with Gasteiger partial charge in [0.2, 0.25) is 0 Å². The van der Waals surface area contributed by atoms with Gasteiger partial charge in [-0.3, -0.25) is 0 Å². The fourth-order valence-electron chi connectivity index (χ4n) is 5.57. The van der Waals surface area contributed by atoms with Crippen molar-refractivity contribution in [3.63, 3.8) is 0 Å². The largest absolute Gasteiger partial charge is 0.478 e. The van der Waals surface area contributed by atoms with E-state index in [9.17, 15) is 13.6 Å². The molecular weight excluding hydrogens is 513 g/mol. The number of aromatic carboxylic acids is 1. The van der Waals surface area contributed by atoms with Crippen molar-refractivity contribution < 1.29 is 27.9 Å². The molecule has 3 atom stereocenters. The van der Waals surface area contributed by atoms with Crippen LogP contribution in [0.15, 0.2) is 34.9 Å². The molecule has 1 aliphatic heterocycles. The minimum atomic E-state index is -1.49. The summed E-state index contributed by atoms with van der Waals surface area (Å²) < 4.78 is 41.0. The molecule has 3 aliphatic rings. The molecule has 6 rings (SSSR count). The van der Waals surface area contributed by atoms with Crippen LogP contribution in [0.3, 0.4) is 0 Å². The fourth-order valence-corrected chi connectivity index (χ4v) is 6.15. The molecule has 2 bridgehead atoms. The van der Waals surface area contributed by atoms with Gasteiger partial charge in [-0.1, -0.05) is 34.4 Å². The molecule has 1 aromatic heterocycles. The van der Waals surface area contributed by atoms with Crippen molar-refractivity contribution in [2.45, 2.75) is 50.4 Å². The van der Waals surface area contributed by atoms with E-state index < -0.39 is 23.2 Å². The van der Waals surface area contributed by atoms with Gasteiger partial charge in [-0.2, -0.15) is 0 Å². The molecule has 6 nitrogen and oxygen atoms in total. The molecular formula is C26H22Cl2F2N2O4. The highest BCUT2D eigenvalue weighted by atomic mass is 35.5. The van der Waals surface area contributed by atoms with E-state index in [4.69, 9.17) is 37.6 Å². The number of hydrogen-bond donors (Lipinski definition) is 1. The van der Waals surface area contributed by atoms with Crippen LogP contribution >= 0.6 is 23.2 Å². The number of carboxylic acids is 1.